The molecule has 0 aliphatic rings. The Morgan fingerprint density at radius 3 is 2.58 bits per heavy atom. The molecule has 0 aliphatic heterocycles. The number of nitrogens with two attached hydrogens (primary N) is 1. The number of hydrogen-bond acceptors (Lipinski definition) is 2. The molecule has 5 heteroatoms. The van der Waals surface area contributed by atoms with Gasteiger partial charge in [0.2, 0.25) is 0 Å². The van der Waals surface area contributed by atoms with E-state index in [1.165, 1.54) is 0 Å². The molecule has 19 heavy (non-hydrogen) atoms. The SMILES string of the molecule is NCc1ccc(COc2cc(Br)ccc2Cl)c(Br)c1. The van der Waals surface area contributed by atoms with Gasteiger partial charge in [-0.2, -0.15) is 0 Å². The van der Waals surface area contributed by atoms with Gasteiger partial charge < -0.3 is 10.5 Å². The largest absolute Gasteiger partial charge is 0.487 e. The van der Waals surface area contributed by atoms with E-state index < -0.39 is 0 Å². The molecule has 100 valence electrons. The number of benzene rings is 2. The van der Waals surface area contributed by atoms with Crippen LogP contribution in [-0.4, -0.2) is 0 Å². The summed E-state index contributed by atoms with van der Waals surface area (Å²) in [7, 11) is 0. The molecule has 0 unspecified atom stereocenters. The summed E-state index contributed by atoms with van der Waals surface area (Å²) in [5.74, 6) is 0.658. The highest BCUT2D eigenvalue weighted by atomic mass is 79.9. The number of hydrogen-bond donors (Lipinski definition) is 1. The van der Waals surface area contributed by atoms with Gasteiger partial charge in [-0.1, -0.05) is 55.6 Å². The molecule has 0 amide bonds. The number of ether oxygens (including phenoxy) is 1. The zero-order valence-electron chi connectivity index (χ0n) is 10.00. The van der Waals surface area contributed by atoms with Crippen LogP contribution in [0.15, 0.2) is 45.3 Å². The summed E-state index contributed by atoms with van der Waals surface area (Å²) in [6.07, 6.45) is 0. The van der Waals surface area contributed by atoms with Crippen molar-refractivity contribution in [3.63, 3.8) is 0 Å². The maximum absolute atomic E-state index is 6.08. The molecular formula is C14H12Br2ClNO. The molecule has 0 heterocycles. The first-order valence-electron chi connectivity index (χ1n) is 5.65. The van der Waals surface area contributed by atoms with Crippen LogP contribution < -0.4 is 10.5 Å². The molecule has 2 N–H and O–H groups in total. The Labute approximate surface area is 134 Å². The van der Waals surface area contributed by atoms with Gasteiger partial charge in [0, 0.05) is 21.1 Å². The standard InChI is InChI=1S/C14H12Br2ClNO/c15-11-3-4-13(17)14(6-11)19-8-10-2-1-9(7-18)5-12(10)16/h1-6H,7-8,18H2. The van der Waals surface area contributed by atoms with E-state index in [-0.39, 0.29) is 0 Å². The van der Waals surface area contributed by atoms with Gasteiger partial charge in [0.1, 0.15) is 12.4 Å². The lowest BCUT2D eigenvalue weighted by Crippen LogP contribution is -2.00. The van der Waals surface area contributed by atoms with Crippen molar-refractivity contribution in [1.82, 2.24) is 0 Å². The van der Waals surface area contributed by atoms with Crippen LogP contribution in [0, 0.1) is 0 Å². The molecule has 0 aliphatic carbocycles. The molecule has 0 radical (unpaired) electrons. The van der Waals surface area contributed by atoms with Crippen LogP contribution in [0.5, 0.6) is 5.75 Å². The van der Waals surface area contributed by atoms with Gasteiger partial charge >= 0.3 is 0 Å². The summed E-state index contributed by atoms with van der Waals surface area (Å²) in [5, 5.41) is 0.595. The van der Waals surface area contributed by atoms with Gasteiger partial charge in [-0.15, -0.1) is 0 Å². The van der Waals surface area contributed by atoms with Crippen molar-refractivity contribution in [2.45, 2.75) is 13.2 Å². The van der Waals surface area contributed by atoms with Gasteiger partial charge in [0.15, 0.2) is 0 Å². The predicted molar refractivity (Wildman–Crippen MR) is 85.5 cm³/mol. The summed E-state index contributed by atoms with van der Waals surface area (Å²) in [6.45, 7) is 0.971. The van der Waals surface area contributed by atoms with Crippen molar-refractivity contribution in [2.75, 3.05) is 0 Å². The first-order chi connectivity index (χ1) is 9.10. The third-order valence-electron chi connectivity index (χ3n) is 2.63. The monoisotopic (exact) mass is 403 g/mol. The Hall–Kier alpha value is -0.550. The van der Waals surface area contributed by atoms with Gasteiger partial charge in [-0.25, -0.2) is 0 Å². The molecule has 2 nitrogen and oxygen atoms in total. The lowest BCUT2D eigenvalue weighted by molar-refractivity contribution is 0.305. The summed E-state index contributed by atoms with van der Waals surface area (Å²) >= 11 is 13.0. The minimum Gasteiger partial charge on any atom is -0.487 e. The summed E-state index contributed by atoms with van der Waals surface area (Å²) < 4.78 is 7.66. The number of rotatable bonds is 4. The van der Waals surface area contributed by atoms with E-state index in [0.717, 1.165) is 20.1 Å². The smallest absolute Gasteiger partial charge is 0.139 e. The third kappa shape index (κ3) is 3.96. The molecule has 2 rings (SSSR count). The van der Waals surface area contributed by atoms with Gasteiger partial charge in [-0.05, 0) is 29.8 Å². The minimum absolute atomic E-state index is 0.446. The molecule has 0 saturated heterocycles. The predicted octanol–water partition coefficient (Wildman–Crippen LogP) is 4.90. The van der Waals surface area contributed by atoms with Crippen LogP contribution >= 0.6 is 43.5 Å². The fourth-order valence-electron chi connectivity index (χ4n) is 1.58. The van der Waals surface area contributed by atoms with E-state index in [0.29, 0.717) is 23.9 Å². The van der Waals surface area contributed by atoms with E-state index in [1.54, 1.807) is 6.07 Å². The van der Waals surface area contributed by atoms with Crippen LogP contribution in [0.2, 0.25) is 5.02 Å². The molecule has 0 saturated carbocycles. The Kier molecular flexibility index (Phi) is 5.28. The fraction of sp³-hybridized carbons (Fsp3) is 0.143. The van der Waals surface area contributed by atoms with Gasteiger partial charge in [0.25, 0.3) is 0 Å². The van der Waals surface area contributed by atoms with Crippen molar-refractivity contribution in [2.24, 2.45) is 5.73 Å². The molecule has 0 spiro atoms. The molecule has 2 aromatic rings. The van der Waals surface area contributed by atoms with Crippen LogP contribution in [-0.2, 0) is 13.2 Å². The molecular weight excluding hydrogens is 393 g/mol. The zero-order chi connectivity index (χ0) is 13.8. The second kappa shape index (κ2) is 6.75. The van der Waals surface area contributed by atoms with Crippen LogP contribution in [0.1, 0.15) is 11.1 Å². The normalized spacial score (nSPS) is 10.5. The quantitative estimate of drug-likeness (QED) is 0.785. The highest BCUT2D eigenvalue weighted by molar-refractivity contribution is 9.10. The van der Waals surface area contributed by atoms with Crippen LogP contribution in [0.4, 0.5) is 0 Å². The highest BCUT2D eigenvalue weighted by Gasteiger charge is 2.05. The second-order valence-corrected chi connectivity index (χ2v) is 6.17. The maximum Gasteiger partial charge on any atom is 0.139 e. The molecule has 0 fully saturated rings. The highest BCUT2D eigenvalue weighted by Crippen LogP contribution is 2.29. The van der Waals surface area contributed by atoms with Crippen molar-refractivity contribution in [3.05, 3.63) is 61.5 Å². The molecule has 0 bridgehead atoms. The maximum atomic E-state index is 6.08. The van der Waals surface area contributed by atoms with E-state index in [2.05, 4.69) is 31.9 Å². The average molecular weight is 406 g/mol. The molecule has 0 atom stereocenters. The van der Waals surface area contributed by atoms with E-state index >= 15 is 0 Å². The Bertz CT molecular complexity index is 590. The number of halogens is 3. The summed E-state index contributed by atoms with van der Waals surface area (Å²) in [4.78, 5) is 0. The van der Waals surface area contributed by atoms with Crippen LogP contribution in [0.3, 0.4) is 0 Å². The van der Waals surface area contributed by atoms with Crippen LogP contribution in [0.25, 0.3) is 0 Å². The topological polar surface area (TPSA) is 35.2 Å². The van der Waals surface area contributed by atoms with Gasteiger partial charge in [0.05, 0.1) is 5.02 Å². The first kappa shape index (κ1) is 14.9. The van der Waals surface area contributed by atoms with E-state index in [4.69, 9.17) is 22.1 Å². The Morgan fingerprint density at radius 1 is 1.11 bits per heavy atom. The summed E-state index contributed by atoms with van der Waals surface area (Å²) in [5.41, 5.74) is 7.72. The average Bonchev–Trinajstić information content (AvgIpc) is 2.40. The minimum atomic E-state index is 0.446. The molecule has 2 aromatic carbocycles. The first-order valence-corrected chi connectivity index (χ1v) is 7.62. The zero-order valence-corrected chi connectivity index (χ0v) is 13.9. The van der Waals surface area contributed by atoms with Crippen molar-refractivity contribution >= 4 is 43.5 Å². The van der Waals surface area contributed by atoms with Gasteiger partial charge in [-0.3, -0.25) is 0 Å². The lowest BCUT2D eigenvalue weighted by atomic mass is 10.1. The second-order valence-electron chi connectivity index (χ2n) is 3.99. The lowest BCUT2D eigenvalue weighted by Gasteiger charge is -2.10. The van der Waals surface area contributed by atoms with E-state index in [1.807, 2.05) is 30.3 Å². The Balaban J connectivity index is 2.12. The van der Waals surface area contributed by atoms with Crippen molar-refractivity contribution < 1.29 is 4.74 Å². The molecule has 0 aromatic heterocycles. The Morgan fingerprint density at radius 2 is 1.89 bits per heavy atom. The van der Waals surface area contributed by atoms with Crippen molar-refractivity contribution in [1.29, 1.82) is 0 Å². The van der Waals surface area contributed by atoms with Crippen molar-refractivity contribution in [3.8, 4) is 5.75 Å². The fourth-order valence-corrected chi connectivity index (χ4v) is 2.63. The third-order valence-corrected chi connectivity index (χ3v) is 4.17. The summed E-state index contributed by atoms with van der Waals surface area (Å²) in [6, 6.07) is 11.5. The van der Waals surface area contributed by atoms with E-state index in [9.17, 15) is 0 Å².